The van der Waals surface area contributed by atoms with Crippen LogP contribution in [0.1, 0.15) is 45.6 Å². The van der Waals surface area contributed by atoms with Crippen molar-refractivity contribution in [1.82, 2.24) is 5.32 Å². The lowest BCUT2D eigenvalue weighted by molar-refractivity contribution is -0.145. The normalized spacial score (nSPS) is 25.2. The maximum absolute atomic E-state index is 11.6. The highest BCUT2D eigenvalue weighted by molar-refractivity contribution is 5.79. The van der Waals surface area contributed by atoms with Crippen molar-refractivity contribution < 1.29 is 14.6 Å². The van der Waals surface area contributed by atoms with E-state index < -0.39 is 11.5 Å². The summed E-state index contributed by atoms with van der Waals surface area (Å²) >= 11 is 0. The van der Waals surface area contributed by atoms with E-state index in [1.165, 1.54) is 5.56 Å². The quantitative estimate of drug-likeness (QED) is 0.846. The van der Waals surface area contributed by atoms with E-state index in [2.05, 4.69) is 24.4 Å². The predicted molar refractivity (Wildman–Crippen MR) is 82.7 cm³/mol. The summed E-state index contributed by atoms with van der Waals surface area (Å²) in [6.45, 7) is 6.07. The third-order valence-electron chi connectivity index (χ3n) is 4.08. The first-order valence-electron chi connectivity index (χ1n) is 7.72. The van der Waals surface area contributed by atoms with E-state index in [0.29, 0.717) is 12.8 Å². The fourth-order valence-electron chi connectivity index (χ4n) is 3.04. The summed E-state index contributed by atoms with van der Waals surface area (Å²) in [5, 5.41) is 12.8. The zero-order chi connectivity index (χ0) is 15.5. The SMILES string of the molecule is CCc1ccc(OC2CCC(NC(C)C)(C(=O)O)C2)cc1. The zero-order valence-corrected chi connectivity index (χ0v) is 13.1. The molecule has 0 saturated heterocycles. The number of aryl methyl sites for hydroxylation is 1. The summed E-state index contributed by atoms with van der Waals surface area (Å²) in [5.74, 6) is 0.0477. The molecule has 1 aromatic rings. The first kappa shape index (κ1) is 15.8. The van der Waals surface area contributed by atoms with Gasteiger partial charge >= 0.3 is 5.97 Å². The fraction of sp³-hybridized carbons (Fsp3) is 0.588. The molecule has 0 aliphatic heterocycles. The van der Waals surface area contributed by atoms with Crippen LogP contribution in [0.15, 0.2) is 24.3 Å². The molecule has 2 atom stereocenters. The molecule has 1 aromatic carbocycles. The highest BCUT2D eigenvalue weighted by atomic mass is 16.5. The van der Waals surface area contributed by atoms with Crippen molar-refractivity contribution in [2.45, 2.75) is 64.1 Å². The van der Waals surface area contributed by atoms with Gasteiger partial charge in [0.1, 0.15) is 17.4 Å². The number of carboxylic acid groups (broad SMARTS) is 1. The van der Waals surface area contributed by atoms with Crippen molar-refractivity contribution in [3.8, 4) is 5.75 Å². The van der Waals surface area contributed by atoms with Crippen LogP contribution in [0.5, 0.6) is 5.75 Å². The van der Waals surface area contributed by atoms with Crippen LogP contribution in [0.4, 0.5) is 0 Å². The van der Waals surface area contributed by atoms with Crippen LogP contribution in [-0.2, 0) is 11.2 Å². The number of hydrogen-bond acceptors (Lipinski definition) is 3. The number of benzene rings is 1. The Morgan fingerprint density at radius 2 is 2.10 bits per heavy atom. The number of nitrogens with one attached hydrogen (secondary N) is 1. The number of carbonyl (C=O) groups is 1. The van der Waals surface area contributed by atoms with E-state index >= 15 is 0 Å². The monoisotopic (exact) mass is 291 g/mol. The van der Waals surface area contributed by atoms with Crippen molar-refractivity contribution in [3.63, 3.8) is 0 Å². The molecule has 2 rings (SSSR count). The standard InChI is InChI=1S/C17H25NO3/c1-4-13-5-7-14(8-6-13)21-15-9-10-17(11-15,16(19)20)18-12(2)3/h5-8,12,15,18H,4,9-11H2,1-3H3,(H,19,20). The number of carboxylic acids is 1. The van der Waals surface area contributed by atoms with Crippen LogP contribution in [-0.4, -0.2) is 28.8 Å². The molecule has 2 N–H and O–H groups in total. The molecule has 1 aliphatic carbocycles. The smallest absolute Gasteiger partial charge is 0.324 e. The van der Waals surface area contributed by atoms with Gasteiger partial charge in [0.2, 0.25) is 0 Å². The molecular formula is C17H25NO3. The van der Waals surface area contributed by atoms with Crippen molar-refractivity contribution >= 4 is 5.97 Å². The molecule has 1 saturated carbocycles. The lowest BCUT2D eigenvalue weighted by atomic mass is 9.96. The van der Waals surface area contributed by atoms with E-state index in [9.17, 15) is 9.90 Å². The summed E-state index contributed by atoms with van der Waals surface area (Å²) in [7, 11) is 0. The predicted octanol–water partition coefficient (Wildman–Crippen LogP) is 3.00. The topological polar surface area (TPSA) is 58.6 Å². The second kappa shape index (κ2) is 6.48. The van der Waals surface area contributed by atoms with Gasteiger partial charge in [-0.2, -0.15) is 0 Å². The molecule has 116 valence electrons. The van der Waals surface area contributed by atoms with E-state index in [1.807, 2.05) is 26.0 Å². The van der Waals surface area contributed by atoms with Crippen molar-refractivity contribution in [2.75, 3.05) is 0 Å². The van der Waals surface area contributed by atoms with Crippen LogP contribution in [0.25, 0.3) is 0 Å². The van der Waals surface area contributed by atoms with E-state index in [0.717, 1.165) is 18.6 Å². The second-order valence-corrected chi connectivity index (χ2v) is 6.17. The van der Waals surface area contributed by atoms with Gasteiger partial charge in [-0.1, -0.05) is 19.1 Å². The summed E-state index contributed by atoms with van der Waals surface area (Å²) in [5.41, 5.74) is 0.428. The van der Waals surface area contributed by atoms with Crippen LogP contribution in [0.3, 0.4) is 0 Å². The zero-order valence-electron chi connectivity index (χ0n) is 13.1. The lowest BCUT2D eigenvalue weighted by Crippen LogP contribution is -2.53. The highest BCUT2D eigenvalue weighted by Gasteiger charge is 2.46. The van der Waals surface area contributed by atoms with Gasteiger partial charge in [0.15, 0.2) is 0 Å². The Morgan fingerprint density at radius 1 is 1.43 bits per heavy atom. The maximum Gasteiger partial charge on any atom is 0.324 e. The first-order chi connectivity index (χ1) is 9.95. The fourth-order valence-corrected chi connectivity index (χ4v) is 3.04. The minimum Gasteiger partial charge on any atom is -0.490 e. The Balaban J connectivity index is 2.01. The number of hydrogen-bond donors (Lipinski definition) is 2. The number of ether oxygens (including phenoxy) is 1. The summed E-state index contributed by atoms with van der Waals surface area (Å²) in [4.78, 5) is 11.6. The van der Waals surface area contributed by atoms with Crippen molar-refractivity contribution in [3.05, 3.63) is 29.8 Å². The molecule has 0 radical (unpaired) electrons. The molecule has 0 spiro atoms. The van der Waals surface area contributed by atoms with Crippen LogP contribution < -0.4 is 10.1 Å². The largest absolute Gasteiger partial charge is 0.490 e. The van der Waals surface area contributed by atoms with Gasteiger partial charge in [-0.3, -0.25) is 10.1 Å². The lowest BCUT2D eigenvalue weighted by Gasteiger charge is -2.28. The molecule has 4 heteroatoms. The van der Waals surface area contributed by atoms with Gasteiger partial charge in [0, 0.05) is 12.5 Å². The summed E-state index contributed by atoms with van der Waals surface area (Å²) < 4.78 is 5.96. The average molecular weight is 291 g/mol. The maximum atomic E-state index is 11.6. The summed E-state index contributed by atoms with van der Waals surface area (Å²) in [6, 6.07) is 8.19. The molecule has 0 bridgehead atoms. The Bertz CT molecular complexity index is 483. The van der Waals surface area contributed by atoms with Crippen LogP contribution in [0, 0.1) is 0 Å². The Kier molecular flexibility index (Phi) is 4.88. The molecule has 4 nitrogen and oxygen atoms in total. The summed E-state index contributed by atoms with van der Waals surface area (Å²) in [6.07, 6.45) is 2.85. The third-order valence-corrected chi connectivity index (χ3v) is 4.08. The van der Waals surface area contributed by atoms with Crippen LogP contribution in [0.2, 0.25) is 0 Å². The molecule has 0 amide bonds. The number of rotatable bonds is 6. The molecule has 0 heterocycles. The second-order valence-electron chi connectivity index (χ2n) is 6.17. The Hall–Kier alpha value is -1.55. The van der Waals surface area contributed by atoms with Crippen LogP contribution >= 0.6 is 0 Å². The van der Waals surface area contributed by atoms with Gasteiger partial charge in [-0.25, -0.2) is 0 Å². The molecule has 1 aliphatic rings. The minimum absolute atomic E-state index is 0.0418. The van der Waals surface area contributed by atoms with Gasteiger partial charge in [0.25, 0.3) is 0 Å². The van der Waals surface area contributed by atoms with E-state index in [1.54, 1.807) is 0 Å². The van der Waals surface area contributed by atoms with Crippen molar-refractivity contribution in [2.24, 2.45) is 0 Å². The average Bonchev–Trinajstić information content (AvgIpc) is 2.83. The van der Waals surface area contributed by atoms with E-state index in [4.69, 9.17) is 4.74 Å². The first-order valence-corrected chi connectivity index (χ1v) is 7.72. The van der Waals surface area contributed by atoms with E-state index in [-0.39, 0.29) is 12.1 Å². The third kappa shape index (κ3) is 3.76. The van der Waals surface area contributed by atoms with Gasteiger partial charge in [-0.05, 0) is 50.8 Å². The van der Waals surface area contributed by atoms with Gasteiger partial charge < -0.3 is 9.84 Å². The highest BCUT2D eigenvalue weighted by Crippen LogP contribution is 2.33. The van der Waals surface area contributed by atoms with Crippen molar-refractivity contribution in [1.29, 1.82) is 0 Å². The van der Waals surface area contributed by atoms with Gasteiger partial charge in [0.05, 0.1) is 0 Å². The molecule has 21 heavy (non-hydrogen) atoms. The molecule has 1 fully saturated rings. The molecule has 2 unspecified atom stereocenters. The number of aliphatic carboxylic acids is 1. The minimum atomic E-state index is -0.845. The molecule has 0 aromatic heterocycles. The van der Waals surface area contributed by atoms with Gasteiger partial charge in [-0.15, -0.1) is 0 Å². The Morgan fingerprint density at radius 3 is 2.62 bits per heavy atom. The molecular weight excluding hydrogens is 266 g/mol. The Labute approximate surface area is 126 Å².